The van der Waals surface area contributed by atoms with Crippen molar-refractivity contribution in [3.63, 3.8) is 0 Å². The van der Waals surface area contributed by atoms with Crippen molar-refractivity contribution in [3.8, 4) is 0 Å². The van der Waals surface area contributed by atoms with Crippen LogP contribution in [-0.2, 0) is 18.8 Å². The van der Waals surface area contributed by atoms with Crippen LogP contribution in [0, 0.1) is 0 Å². The first-order valence-electron chi connectivity index (χ1n) is 9.12. The van der Waals surface area contributed by atoms with Crippen LogP contribution >= 0.6 is 0 Å². The summed E-state index contributed by atoms with van der Waals surface area (Å²) in [5.41, 5.74) is -0.864. The normalized spacial score (nSPS) is 19.0. The molecule has 2 aromatic rings. The fourth-order valence-corrected chi connectivity index (χ4v) is 3.80. The fraction of sp³-hybridized carbons (Fsp3) is 0.333. The third kappa shape index (κ3) is 4.72. The minimum Gasteiger partial charge on any atom is -0.367 e. The number of anilines is 1. The quantitative estimate of drug-likeness (QED) is 0.622. The molecule has 0 spiro atoms. The minimum atomic E-state index is -4.91. The molecule has 30 heavy (non-hydrogen) atoms. The topological polar surface area (TPSA) is 27.3 Å². The predicted octanol–water partition coefficient (Wildman–Crippen LogP) is 5.42. The second-order valence-electron chi connectivity index (χ2n) is 7.46. The first-order chi connectivity index (χ1) is 13.9. The minimum absolute atomic E-state index is 0.0213. The Kier molecular flexibility index (Phi) is 5.77. The van der Waals surface area contributed by atoms with Gasteiger partial charge in [-0.1, -0.05) is 30.8 Å². The number of halogens is 6. The van der Waals surface area contributed by atoms with E-state index in [0.29, 0.717) is 18.6 Å². The highest BCUT2D eigenvalue weighted by atomic mass is 19.4. The van der Waals surface area contributed by atoms with Gasteiger partial charge in [0.2, 0.25) is 0 Å². The lowest BCUT2D eigenvalue weighted by Gasteiger charge is -2.29. The third-order valence-corrected chi connectivity index (χ3v) is 4.99. The molecule has 1 aliphatic rings. The molecule has 0 heterocycles. The Balaban J connectivity index is 1.81. The Morgan fingerprint density at radius 3 is 2.07 bits per heavy atom. The van der Waals surface area contributed by atoms with E-state index < -0.39 is 23.5 Å². The van der Waals surface area contributed by atoms with Crippen molar-refractivity contribution in [2.75, 3.05) is 19.4 Å². The van der Waals surface area contributed by atoms with E-state index in [2.05, 4.69) is 17.2 Å². The molecule has 0 bridgehead atoms. The molecule has 0 saturated carbocycles. The molecular weight excluding hydrogens is 408 g/mol. The zero-order chi connectivity index (χ0) is 22.3. The maximum absolute atomic E-state index is 13.1. The molecule has 0 amide bonds. The van der Waals surface area contributed by atoms with Crippen LogP contribution < -0.4 is 10.6 Å². The fourth-order valence-electron chi connectivity index (χ4n) is 3.80. The van der Waals surface area contributed by atoms with Crippen LogP contribution in [0.4, 0.5) is 32.0 Å². The van der Waals surface area contributed by atoms with Crippen LogP contribution in [0.5, 0.6) is 0 Å². The molecule has 0 radical (unpaired) electrons. The molecule has 0 unspecified atom stereocenters. The maximum atomic E-state index is 13.1. The number of hydrogen-bond donors (Lipinski definition) is 2. The van der Waals surface area contributed by atoms with Gasteiger partial charge in [-0.15, -0.1) is 0 Å². The van der Waals surface area contributed by atoms with E-state index in [9.17, 15) is 26.3 Å². The summed E-state index contributed by atoms with van der Waals surface area (Å²) in [6.45, 7) is 3.75. The molecule has 0 fully saturated rings. The lowest BCUT2D eigenvalue weighted by Crippen LogP contribution is -2.39. The van der Waals surface area contributed by atoms with E-state index in [0.717, 1.165) is 11.1 Å². The van der Waals surface area contributed by atoms with Gasteiger partial charge in [0.25, 0.3) is 0 Å². The largest absolute Gasteiger partial charge is 0.416 e. The Bertz CT molecular complexity index is 901. The molecule has 0 aromatic heterocycles. The standard InChI is InChI=1S/C21H21F6N3/c1-12(29-18-8-13-6-4-5-7-17(13)19(18)30(2)3)28-16-10-14(20(22,23)24)9-15(11-16)21(25,26)27/h4-7,9-11,18-19,28-29H,1,8H2,2-3H3/t18-,19-/m1/s1. The SMILES string of the molecule is C=C(Nc1cc(C(F)(F)F)cc(C(F)(F)F)c1)N[C@@H]1Cc2ccccc2[C@H]1N(C)C. The summed E-state index contributed by atoms with van der Waals surface area (Å²) < 4.78 is 78.3. The summed E-state index contributed by atoms with van der Waals surface area (Å²) in [6.07, 6.45) is -9.17. The lowest BCUT2D eigenvalue weighted by atomic mass is 10.1. The smallest absolute Gasteiger partial charge is 0.367 e. The van der Waals surface area contributed by atoms with E-state index in [1.807, 2.05) is 43.3 Å². The average Bonchev–Trinajstić information content (AvgIpc) is 2.97. The Hall–Kier alpha value is -2.68. The van der Waals surface area contributed by atoms with Crippen molar-refractivity contribution < 1.29 is 26.3 Å². The van der Waals surface area contributed by atoms with Gasteiger partial charge in [-0.05, 0) is 49.8 Å². The predicted molar refractivity (Wildman–Crippen MR) is 103 cm³/mol. The number of nitrogens with one attached hydrogen (secondary N) is 2. The van der Waals surface area contributed by atoms with Crippen LogP contribution in [0.15, 0.2) is 54.9 Å². The van der Waals surface area contributed by atoms with Gasteiger partial charge >= 0.3 is 12.4 Å². The number of hydrogen-bond acceptors (Lipinski definition) is 3. The molecule has 2 aromatic carbocycles. The summed E-state index contributed by atoms with van der Waals surface area (Å²) in [7, 11) is 3.81. The van der Waals surface area contributed by atoms with Crippen molar-refractivity contribution in [3.05, 3.63) is 77.1 Å². The molecule has 2 atom stereocenters. The van der Waals surface area contributed by atoms with Crippen molar-refractivity contribution in [2.45, 2.75) is 30.9 Å². The highest BCUT2D eigenvalue weighted by molar-refractivity contribution is 5.53. The summed E-state index contributed by atoms with van der Waals surface area (Å²) in [5, 5.41) is 5.67. The van der Waals surface area contributed by atoms with Crippen molar-refractivity contribution >= 4 is 5.69 Å². The molecule has 0 aliphatic heterocycles. The van der Waals surface area contributed by atoms with Gasteiger partial charge in [-0.2, -0.15) is 26.3 Å². The van der Waals surface area contributed by atoms with Gasteiger partial charge in [-0.3, -0.25) is 0 Å². The molecular formula is C21H21F6N3. The number of fused-ring (bicyclic) bond motifs is 1. The summed E-state index contributed by atoms with van der Waals surface area (Å²) in [6, 6.07) is 9.03. The Morgan fingerprint density at radius 2 is 1.53 bits per heavy atom. The van der Waals surface area contributed by atoms with Gasteiger partial charge in [0.1, 0.15) is 0 Å². The number of benzene rings is 2. The highest BCUT2D eigenvalue weighted by Crippen LogP contribution is 2.38. The average molecular weight is 429 g/mol. The number of likely N-dealkylation sites (N-methyl/N-ethyl adjacent to an activating group) is 1. The zero-order valence-electron chi connectivity index (χ0n) is 16.3. The number of nitrogens with zero attached hydrogens (tertiary/aromatic N) is 1. The summed E-state index contributed by atoms with van der Waals surface area (Å²) in [4.78, 5) is 2.00. The number of rotatable bonds is 5. The van der Waals surface area contributed by atoms with Crippen LogP contribution in [-0.4, -0.2) is 25.0 Å². The Morgan fingerprint density at radius 1 is 0.967 bits per heavy atom. The van der Waals surface area contributed by atoms with Crippen LogP contribution in [0.2, 0.25) is 0 Å². The monoisotopic (exact) mass is 429 g/mol. The highest BCUT2D eigenvalue weighted by Gasteiger charge is 2.37. The number of alkyl halides is 6. The van der Waals surface area contributed by atoms with E-state index in [-0.39, 0.29) is 29.7 Å². The zero-order valence-corrected chi connectivity index (χ0v) is 16.3. The van der Waals surface area contributed by atoms with Crippen LogP contribution in [0.1, 0.15) is 28.3 Å². The van der Waals surface area contributed by atoms with E-state index >= 15 is 0 Å². The van der Waals surface area contributed by atoms with Gasteiger partial charge in [0, 0.05) is 5.69 Å². The second-order valence-corrected chi connectivity index (χ2v) is 7.46. The maximum Gasteiger partial charge on any atom is 0.416 e. The molecule has 162 valence electrons. The molecule has 2 N–H and O–H groups in total. The first kappa shape index (κ1) is 22.0. The van der Waals surface area contributed by atoms with Gasteiger partial charge in [-0.25, -0.2) is 0 Å². The Labute approximate surface area is 170 Å². The molecule has 3 rings (SSSR count). The van der Waals surface area contributed by atoms with Gasteiger partial charge in [0.15, 0.2) is 0 Å². The summed E-state index contributed by atoms with van der Waals surface area (Å²) >= 11 is 0. The molecule has 9 heteroatoms. The van der Waals surface area contributed by atoms with E-state index in [4.69, 9.17) is 0 Å². The van der Waals surface area contributed by atoms with Crippen molar-refractivity contribution in [1.29, 1.82) is 0 Å². The van der Waals surface area contributed by atoms with Crippen LogP contribution in [0.3, 0.4) is 0 Å². The van der Waals surface area contributed by atoms with Gasteiger partial charge < -0.3 is 15.5 Å². The second kappa shape index (κ2) is 7.86. The molecule has 3 nitrogen and oxygen atoms in total. The van der Waals surface area contributed by atoms with Gasteiger partial charge in [0.05, 0.1) is 29.0 Å². The summed E-state index contributed by atoms with van der Waals surface area (Å²) in [5.74, 6) is 0.118. The first-order valence-corrected chi connectivity index (χ1v) is 9.12. The molecule has 0 saturated heterocycles. The van der Waals surface area contributed by atoms with Crippen molar-refractivity contribution in [1.82, 2.24) is 10.2 Å². The van der Waals surface area contributed by atoms with Crippen LogP contribution in [0.25, 0.3) is 0 Å². The lowest BCUT2D eigenvalue weighted by molar-refractivity contribution is -0.143. The third-order valence-electron chi connectivity index (χ3n) is 4.99. The van der Waals surface area contributed by atoms with Crippen molar-refractivity contribution in [2.24, 2.45) is 0 Å². The van der Waals surface area contributed by atoms with E-state index in [1.54, 1.807) is 0 Å². The molecule has 1 aliphatic carbocycles. The van der Waals surface area contributed by atoms with E-state index in [1.165, 1.54) is 0 Å².